The van der Waals surface area contributed by atoms with Gasteiger partial charge in [0.1, 0.15) is 5.82 Å². The Morgan fingerprint density at radius 1 is 1.15 bits per heavy atom. The lowest BCUT2D eigenvalue weighted by Gasteiger charge is -2.38. The van der Waals surface area contributed by atoms with Gasteiger partial charge in [0, 0.05) is 11.0 Å². The van der Waals surface area contributed by atoms with E-state index < -0.39 is 35.4 Å². The van der Waals surface area contributed by atoms with E-state index in [1.807, 2.05) is 0 Å². The van der Waals surface area contributed by atoms with E-state index in [9.17, 15) is 22.8 Å². The fraction of sp³-hybridized carbons (Fsp3) is 0.429. The van der Waals surface area contributed by atoms with Gasteiger partial charge in [-0.25, -0.2) is 14.2 Å². The van der Waals surface area contributed by atoms with Crippen molar-refractivity contribution in [2.75, 3.05) is 6.61 Å². The van der Waals surface area contributed by atoms with Crippen LogP contribution in [0.2, 0.25) is 0 Å². The van der Waals surface area contributed by atoms with E-state index in [1.165, 1.54) is 37.3 Å². The lowest BCUT2D eigenvalue weighted by atomic mass is 9.75. The number of rotatable bonds is 11. The summed E-state index contributed by atoms with van der Waals surface area (Å²) in [5.41, 5.74) is 3.42. The average molecular weight is 577 g/mol. The summed E-state index contributed by atoms with van der Waals surface area (Å²) in [6.07, 6.45) is 1.87. The largest absolute Gasteiger partial charge is 0.489 e. The van der Waals surface area contributed by atoms with Gasteiger partial charge in [-0.1, -0.05) is 20.8 Å². The van der Waals surface area contributed by atoms with Crippen molar-refractivity contribution in [1.82, 2.24) is 15.3 Å². The van der Waals surface area contributed by atoms with Crippen LogP contribution in [-0.4, -0.2) is 35.2 Å². The number of aromatic nitrogens is 2. The number of oxazole rings is 1. The fourth-order valence-corrected chi connectivity index (χ4v) is 3.87. The Hall–Kier alpha value is -4.29. The van der Waals surface area contributed by atoms with Crippen LogP contribution in [-0.2, 0) is 16.9 Å². The van der Waals surface area contributed by atoms with Gasteiger partial charge in [-0.2, -0.15) is 8.78 Å². The maximum absolute atomic E-state index is 13.4. The maximum Gasteiger partial charge on any atom is 0.405 e. The lowest BCUT2D eigenvalue weighted by Crippen LogP contribution is -2.44. The highest BCUT2D eigenvalue weighted by Crippen LogP contribution is 2.45. The first-order valence-electron chi connectivity index (χ1n) is 12.9. The topological polar surface area (TPSA) is 139 Å². The predicted molar refractivity (Wildman–Crippen MR) is 140 cm³/mol. The van der Waals surface area contributed by atoms with Crippen LogP contribution in [0, 0.1) is 17.2 Å². The molecule has 0 spiro atoms. The van der Waals surface area contributed by atoms with Gasteiger partial charge < -0.3 is 29.7 Å². The van der Waals surface area contributed by atoms with Crippen LogP contribution >= 0.6 is 0 Å². The van der Waals surface area contributed by atoms with E-state index in [2.05, 4.69) is 20.0 Å². The third kappa shape index (κ3) is 7.08. The van der Waals surface area contributed by atoms with Crippen LogP contribution in [0.4, 0.5) is 18.0 Å². The van der Waals surface area contributed by atoms with Crippen molar-refractivity contribution in [1.29, 1.82) is 0 Å². The number of primary amides is 1. The monoisotopic (exact) mass is 576 g/mol. The highest BCUT2D eigenvalue weighted by Gasteiger charge is 2.49. The van der Waals surface area contributed by atoms with Crippen molar-refractivity contribution in [3.8, 4) is 23.0 Å². The molecule has 1 saturated carbocycles. The van der Waals surface area contributed by atoms with Crippen molar-refractivity contribution >= 4 is 12.0 Å². The van der Waals surface area contributed by atoms with Crippen molar-refractivity contribution < 1.29 is 41.4 Å². The first-order chi connectivity index (χ1) is 19.3. The number of carbonyl (C=O) groups excluding carboxylic acids is 2. The third-order valence-corrected chi connectivity index (χ3v) is 6.81. The van der Waals surface area contributed by atoms with Crippen LogP contribution in [0.1, 0.15) is 62.5 Å². The number of nitrogens with zero attached hydrogens (tertiary/aromatic N) is 2. The second kappa shape index (κ2) is 11.7. The fourth-order valence-electron chi connectivity index (χ4n) is 3.87. The normalized spacial score (nSPS) is 14.8. The summed E-state index contributed by atoms with van der Waals surface area (Å²) in [5.74, 6) is -1.20. The molecular weight excluding hydrogens is 545 g/mol. The number of amides is 2. The zero-order valence-electron chi connectivity index (χ0n) is 23.0. The first-order valence-corrected chi connectivity index (χ1v) is 12.9. The minimum absolute atomic E-state index is 0.0507. The van der Waals surface area contributed by atoms with E-state index >= 15 is 0 Å². The standard InChI is InChI=1S/C28H31F3N4O6/c1-27(2,3)28(4,41-26(32)37)22-21(23(36)34-13-18-9-8-17(29)12-33-18)35-24(40-22)16-7-10-19(39-25(30)31)20(11-16)38-14-15-5-6-15/h7-12,15,25H,5-6,13-14H2,1-4H3,(H2,32,37)(H,34,36). The number of alkyl halides is 2. The Balaban J connectivity index is 1.76. The quantitative estimate of drug-likeness (QED) is 0.303. The Morgan fingerprint density at radius 3 is 2.46 bits per heavy atom. The summed E-state index contributed by atoms with van der Waals surface area (Å²) < 4.78 is 61.2. The molecule has 4 rings (SSSR count). The summed E-state index contributed by atoms with van der Waals surface area (Å²) in [5, 5.41) is 2.65. The van der Waals surface area contributed by atoms with Crippen molar-refractivity contribution in [3.05, 3.63) is 59.5 Å². The number of hydrogen-bond donors (Lipinski definition) is 2. The molecule has 10 nitrogen and oxygen atoms in total. The number of nitrogens with two attached hydrogens (primary N) is 1. The molecule has 0 bridgehead atoms. The molecule has 1 fully saturated rings. The first kappa shape index (κ1) is 29.7. The zero-order valence-corrected chi connectivity index (χ0v) is 23.0. The molecule has 2 amide bonds. The second-order valence-electron chi connectivity index (χ2n) is 10.8. The van der Waals surface area contributed by atoms with Gasteiger partial charge >= 0.3 is 12.7 Å². The number of hydrogen-bond acceptors (Lipinski definition) is 8. The zero-order chi connectivity index (χ0) is 29.9. The molecule has 2 heterocycles. The van der Waals surface area contributed by atoms with Gasteiger partial charge in [0.05, 0.1) is 25.0 Å². The van der Waals surface area contributed by atoms with E-state index in [0.717, 1.165) is 19.0 Å². The molecule has 2 aromatic heterocycles. The summed E-state index contributed by atoms with van der Waals surface area (Å²) in [7, 11) is 0. The molecule has 1 aliphatic rings. The van der Waals surface area contributed by atoms with Gasteiger partial charge in [0.15, 0.2) is 28.6 Å². The van der Waals surface area contributed by atoms with E-state index in [1.54, 1.807) is 20.8 Å². The highest BCUT2D eigenvalue weighted by atomic mass is 19.3. The Bertz CT molecular complexity index is 1400. The molecule has 1 aromatic carbocycles. The van der Waals surface area contributed by atoms with Crippen LogP contribution in [0.3, 0.4) is 0 Å². The number of pyridine rings is 1. The van der Waals surface area contributed by atoms with E-state index in [0.29, 0.717) is 18.2 Å². The SMILES string of the molecule is CC(C)(C)C(C)(OC(N)=O)c1oc(-c2ccc(OC(F)F)c(OCC3CC3)c2)nc1C(=O)NCc1ccc(F)cn1. The molecule has 0 saturated heterocycles. The van der Waals surface area contributed by atoms with Crippen LogP contribution < -0.4 is 20.5 Å². The van der Waals surface area contributed by atoms with Gasteiger partial charge in [0.2, 0.25) is 5.89 Å². The maximum atomic E-state index is 13.4. The second-order valence-corrected chi connectivity index (χ2v) is 10.8. The molecule has 1 aliphatic carbocycles. The van der Waals surface area contributed by atoms with E-state index in [-0.39, 0.29) is 41.0 Å². The molecule has 1 atom stereocenters. The Labute approximate surface area is 234 Å². The smallest absolute Gasteiger partial charge is 0.405 e. The summed E-state index contributed by atoms with van der Waals surface area (Å²) in [6.45, 7) is 3.97. The van der Waals surface area contributed by atoms with Crippen molar-refractivity contribution in [2.24, 2.45) is 17.1 Å². The van der Waals surface area contributed by atoms with Gasteiger partial charge in [-0.05, 0) is 56.0 Å². The van der Waals surface area contributed by atoms with Crippen LogP contribution in [0.5, 0.6) is 11.5 Å². The Morgan fingerprint density at radius 2 is 1.88 bits per heavy atom. The molecule has 0 radical (unpaired) electrons. The Kier molecular flexibility index (Phi) is 8.45. The summed E-state index contributed by atoms with van der Waals surface area (Å²) >= 11 is 0. The molecule has 220 valence electrons. The number of nitrogens with one attached hydrogen (secondary N) is 1. The number of ether oxygens (including phenoxy) is 3. The molecule has 3 N–H and O–H groups in total. The van der Waals surface area contributed by atoms with Crippen molar-refractivity contribution in [2.45, 2.75) is 59.3 Å². The minimum Gasteiger partial charge on any atom is -0.489 e. The molecule has 13 heteroatoms. The minimum atomic E-state index is -3.07. The third-order valence-electron chi connectivity index (χ3n) is 6.81. The lowest BCUT2D eigenvalue weighted by molar-refractivity contribution is -0.0707. The molecule has 3 aromatic rings. The van der Waals surface area contributed by atoms with Crippen molar-refractivity contribution in [3.63, 3.8) is 0 Å². The average Bonchev–Trinajstić information content (AvgIpc) is 3.61. The highest BCUT2D eigenvalue weighted by molar-refractivity contribution is 5.94. The van der Waals surface area contributed by atoms with Gasteiger partial charge in [-0.15, -0.1) is 0 Å². The van der Waals surface area contributed by atoms with Gasteiger partial charge in [-0.3, -0.25) is 9.78 Å². The summed E-state index contributed by atoms with van der Waals surface area (Å²) in [6, 6.07) is 6.74. The molecule has 41 heavy (non-hydrogen) atoms. The predicted octanol–water partition coefficient (Wildman–Crippen LogP) is 5.55. The molecule has 0 aliphatic heterocycles. The molecule has 1 unspecified atom stereocenters. The molecular formula is C28H31F3N4O6. The number of halogens is 3. The van der Waals surface area contributed by atoms with Crippen LogP contribution in [0.15, 0.2) is 40.9 Å². The number of benzene rings is 1. The van der Waals surface area contributed by atoms with Gasteiger partial charge in [0.25, 0.3) is 5.91 Å². The van der Waals surface area contributed by atoms with E-state index in [4.69, 9.17) is 19.6 Å². The summed E-state index contributed by atoms with van der Waals surface area (Å²) in [4.78, 5) is 33.7. The van der Waals surface area contributed by atoms with Crippen LogP contribution in [0.25, 0.3) is 11.5 Å². The number of carbonyl (C=O) groups is 2.